The van der Waals surface area contributed by atoms with Crippen LogP contribution >= 0.6 is 11.8 Å². The van der Waals surface area contributed by atoms with Gasteiger partial charge in [0, 0.05) is 11.8 Å². The quantitative estimate of drug-likeness (QED) is 0.813. The van der Waals surface area contributed by atoms with Crippen LogP contribution in [0.3, 0.4) is 0 Å². The van der Waals surface area contributed by atoms with Crippen molar-refractivity contribution < 1.29 is 9.90 Å². The summed E-state index contributed by atoms with van der Waals surface area (Å²) in [6, 6.07) is 0. The van der Waals surface area contributed by atoms with E-state index in [0.29, 0.717) is 11.7 Å². The maximum atomic E-state index is 11.7. The van der Waals surface area contributed by atoms with Gasteiger partial charge < -0.3 is 5.11 Å². The Morgan fingerprint density at radius 3 is 2.90 bits per heavy atom. The summed E-state index contributed by atoms with van der Waals surface area (Å²) in [5.41, 5.74) is -0.213. The Morgan fingerprint density at radius 1 is 1.45 bits per heavy atom. The van der Waals surface area contributed by atoms with E-state index in [1.54, 1.807) is 4.57 Å². The van der Waals surface area contributed by atoms with E-state index < -0.39 is 5.97 Å². The van der Waals surface area contributed by atoms with Crippen LogP contribution in [0.1, 0.15) is 45.4 Å². The van der Waals surface area contributed by atoms with Gasteiger partial charge in [0.1, 0.15) is 0 Å². The van der Waals surface area contributed by atoms with Crippen molar-refractivity contribution in [1.82, 2.24) is 14.8 Å². The Labute approximate surface area is 122 Å². The molecule has 1 fully saturated rings. The van der Waals surface area contributed by atoms with Gasteiger partial charge in [0.05, 0.1) is 5.92 Å². The van der Waals surface area contributed by atoms with E-state index in [4.69, 9.17) is 0 Å². The molecule has 0 spiro atoms. The number of aliphatic carboxylic acids is 1. The second-order valence-corrected chi connectivity index (χ2v) is 6.41. The van der Waals surface area contributed by atoms with E-state index in [1.165, 1.54) is 11.8 Å². The van der Waals surface area contributed by atoms with Crippen LogP contribution in [0, 0.1) is 5.92 Å². The molecule has 0 aliphatic heterocycles. The van der Waals surface area contributed by atoms with Gasteiger partial charge in [-0.3, -0.25) is 9.36 Å². The van der Waals surface area contributed by atoms with E-state index in [2.05, 4.69) is 10.2 Å². The number of hydrogen-bond acceptors (Lipinski definition) is 4. The second-order valence-electron chi connectivity index (χ2n) is 5.20. The summed E-state index contributed by atoms with van der Waals surface area (Å²) in [6.45, 7) is 2.61. The van der Waals surface area contributed by atoms with Crippen LogP contribution in [0.2, 0.25) is 0 Å². The number of nitrogens with one attached hydrogen (secondary N) is 1. The highest BCUT2D eigenvalue weighted by Crippen LogP contribution is 2.35. The molecule has 0 bridgehead atoms. The zero-order valence-electron chi connectivity index (χ0n) is 11.7. The highest BCUT2D eigenvalue weighted by Gasteiger charge is 2.31. The molecular weight excluding hydrogens is 278 g/mol. The summed E-state index contributed by atoms with van der Waals surface area (Å²) in [5, 5.41) is 16.5. The van der Waals surface area contributed by atoms with Crippen molar-refractivity contribution in [2.45, 2.75) is 62.4 Å². The second kappa shape index (κ2) is 6.97. The molecule has 1 aliphatic rings. The molecule has 7 heteroatoms. The maximum absolute atomic E-state index is 11.7. The third-order valence-electron chi connectivity index (χ3n) is 3.70. The van der Waals surface area contributed by atoms with Gasteiger partial charge in [-0.2, -0.15) is 0 Å². The third kappa shape index (κ3) is 3.45. The minimum absolute atomic E-state index is 0.000746. The number of carboxylic acid groups (broad SMARTS) is 1. The van der Waals surface area contributed by atoms with Crippen molar-refractivity contribution in [3.05, 3.63) is 10.5 Å². The number of thioether (sulfide) groups is 1. The molecule has 0 amide bonds. The Bertz CT molecular complexity index is 511. The van der Waals surface area contributed by atoms with Gasteiger partial charge in [-0.1, -0.05) is 37.9 Å². The first-order chi connectivity index (χ1) is 9.63. The number of aromatic amines is 1. The van der Waals surface area contributed by atoms with Crippen molar-refractivity contribution in [2.75, 3.05) is 0 Å². The van der Waals surface area contributed by atoms with Crippen LogP contribution in [0.15, 0.2) is 9.95 Å². The molecule has 1 aromatic rings. The molecule has 6 nitrogen and oxygen atoms in total. The molecule has 0 aromatic carbocycles. The lowest BCUT2D eigenvalue weighted by Crippen LogP contribution is -2.25. The molecular formula is C13H21N3O3S. The van der Waals surface area contributed by atoms with Gasteiger partial charge in [0.15, 0.2) is 5.16 Å². The molecule has 0 radical (unpaired) electrons. The standard InChI is InChI=1S/C13H21N3O3S/c1-2-8-16-12(19)14-15-13(16)20-10-7-5-3-4-6-9(10)11(17)18/h9-10H,2-8H2,1H3,(H,14,19)(H,17,18). The van der Waals surface area contributed by atoms with Gasteiger partial charge in [-0.15, -0.1) is 5.10 Å². The fourth-order valence-electron chi connectivity index (χ4n) is 2.65. The zero-order chi connectivity index (χ0) is 14.5. The Kier molecular flexibility index (Phi) is 5.28. The monoisotopic (exact) mass is 299 g/mol. The SMILES string of the molecule is CCCn1c(SC2CCCCCC2C(=O)O)n[nH]c1=O. The Morgan fingerprint density at radius 2 is 2.20 bits per heavy atom. The molecule has 20 heavy (non-hydrogen) atoms. The fraction of sp³-hybridized carbons (Fsp3) is 0.769. The van der Waals surface area contributed by atoms with E-state index in [-0.39, 0.29) is 16.9 Å². The fourth-order valence-corrected chi connectivity index (χ4v) is 4.02. The molecule has 2 atom stereocenters. The van der Waals surface area contributed by atoms with Gasteiger partial charge in [0.2, 0.25) is 0 Å². The topological polar surface area (TPSA) is 88.0 Å². The van der Waals surface area contributed by atoms with E-state index in [9.17, 15) is 14.7 Å². The molecule has 1 aliphatic carbocycles. The van der Waals surface area contributed by atoms with Gasteiger partial charge in [-0.25, -0.2) is 9.89 Å². The zero-order valence-corrected chi connectivity index (χ0v) is 12.5. The average molecular weight is 299 g/mol. The number of aromatic nitrogens is 3. The summed E-state index contributed by atoms with van der Waals surface area (Å²) in [6.07, 6.45) is 5.54. The Balaban J connectivity index is 2.17. The number of hydrogen-bond donors (Lipinski definition) is 2. The van der Waals surface area contributed by atoms with Crippen molar-refractivity contribution in [2.24, 2.45) is 5.92 Å². The van der Waals surface area contributed by atoms with Crippen LogP contribution in [0.25, 0.3) is 0 Å². The number of nitrogens with zero attached hydrogens (tertiary/aromatic N) is 2. The minimum Gasteiger partial charge on any atom is -0.481 e. The molecule has 1 heterocycles. The maximum Gasteiger partial charge on any atom is 0.343 e. The summed E-state index contributed by atoms with van der Waals surface area (Å²) >= 11 is 1.44. The lowest BCUT2D eigenvalue weighted by molar-refractivity contribution is -0.141. The molecule has 2 rings (SSSR count). The van der Waals surface area contributed by atoms with Crippen molar-refractivity contribution >= 4 is 17.7 Å². The lowest BCUT2D eigenvalue weighted by atomic mass is 10.0. The first kappa shape index (κ1) is 15.2. The largest absolute Gasteiger partial charge is 0.481 e. The first-order valence-corrected chi connectivity index (χ1v) is 8.06. The van der Waals surface area contributed by atoms with Crippen LogP contribution in [-0.4, -0.2) is 31.1 Å². The van der Waals surface area contributed by atoms with Crippen molar-refractivity contribution in [3.8, 4) is 0 Å². The molecule has 112 valence electrons. The minimum atomic E-state index is -0.732. The van der Waals surface area contributed by atoms with Crippen LogP contribution in [-0.2, 0) is 11.3 Å². The molecule has 1 saturated carbocycles. The van der Waals surface area contributed by atoms with Crippen LogP contribution in [0.4, 0.5) is 0 Å². The van der Waals surface area contributed by atoms with Gasteiger partial charge in [-0.05, 0) is 19.3 Å². The molecule has 2 N–H and O–H groups in total. The molecule has 0 saturated heterocycles. The van der Waals surface area contributed by atoms with Crippen molar-refractivity contribution in [3.63, 3.8) is 0 Å². The molecule has 1 aromatic heterocycles. The predicted molar refractivity (Wildman–Crippen MR) is 77.0 cm³/mol. The lowest BCUT2D eigenvalue weighted by Gasteiger charge is -2.20. The third-order valence-corrected chi connectivity index (χ3v) is 5.09. The van der Waals surface area contributed by atoms with Gasteiger partial charge in [0.25, 0.3) is 0 Å². The van der Waals surface area contributed by atoms with E-state index in [1.807, 2.05) is 6.92 Å². The number of carbonyl (C=O) groups is 1. The van der Waals surface area contributed by atoms with Crippen molar-refractivity contribution in [1.29, 1.82) is 0 Å². The summed E-state index contributed by atoms with van der Waals surface area (Å²) in [5.74, 6) is -1.08. The first-order valence-electron chi connectivity index (χ1n) is 7.18. The highest BCUT2D eigenvalue weighted by atomic mass is 32.2. The number of H-pyrrole nitrogens is 1. The van der Waals surface area contributed by atoms with E-state index >= 15 is 0 Å². The smallest absolute Gasteiger partial charge is 0.343 e. The predicted octanol–water partition coefficient (Wildman–Crippen LogP) is 2.11. The number of carboxylic acids is 1. The summed E-state index contributed by atoms with van der Waals surface area (Å²) in [7, 11) is 0. The highest BCUT2D eigenvalue weighted by molar-refractivity contribution is 7.99. The van der Waals surface area contributed by atoms with Gasteiger partial charge >= 0.3 is 11.7 Å². The number of rotatable bonds is 5. The summed E-state index contributed by atoms with van der Waals surface area (Å²) in [4.78, 5) is 23.1. The van der Waals surface area contributed by atoms with Crippen LogP contribution in [0.5, 0.6) is 0 Å². The normalized spacial score (nSPS) is 23.4. The Hall–Kier alpha value is -1.24. The van der Waals surface area contributed by atoms with Crippen LogP contribution < -0.4 is 5.69 Å². The van der Waals surface area contributed by atoms with E-state index in [0.717, 1.165) is 38.5 Å². The molecule has 2 unspecified atom stereocenters. The summed E-state index contributed by atoms with van der Waals surface area (Å²) < 4.78 is 1.61. The average Bonchev–Trinajstić information content (AvgIpc) is 2.64.